The second kappa shape index (κ2) is 63.5. The van der Waals surface area contributed by atoms with Crippen LogP contribution in [0.3, 0.4) is 0 Å². The highest BCUT2D eigenvalue weighted by Crippen LogP contribution is 2.45. The lowest BCUT2D eigenvalue weighted by Gasteiger charge is -2.21. The van der Waals surface area contributed by atoms with Gasteiger partial charge in [0.1, 0.15) is 19.3 Å². The lowest BCUT2D eigenvalue weighted by Crippen LogP contribution is -2.30. The Morgan fingerprint density at radius 3 is 0.667 bits per heavy atom. The van der Waals surface area contributed by atoms with E-state index >= 15 is 0 Å². The Kier molecular flexibility index (Phi) is 62.2. The smallest absolute Gasteiger partial charge is 0.462 e. The number of rotatable bonds is 71. The first-order valence-corrected chi connectivity index (χ1v) is 41.2. The molecule has 17 nitrogen and oxygen atoms in total. The van der Waals surface area contributed by atoms with Crippen LogP contribution in [0.1, 0.15) is 370 Å². The summed E-state index contributed by atoms with van der Waals surface area (Å²) in [6.45, 7) is 14.1. The Morgan fingerprint density at radius 1 is 0.269 bits per heavy atom. The van der Waals surface area contributed by atoms with Gasteiger partial charge in [0.2, 0.25) is 0 Å². The van der Waals surface area contributed by atoms with Gasteiger partial charge < -0.3 is 33.8 Å². The van der Waals surface area contributed by atoms with E-state index in [0.717, 1.165) is 114 Å². The molecule has 93 heavy (non-hydrogen) atoms. The van der Waals surface area contributed by atoms with E-state index in [1.807, 2.05) is 0 Å². The number of hydrogen-bond donors (Lipinski definition) is 3. The average molecular weight is 1370 g/mol. The third-order valence-corrected chi connectivity index (χ3v) is 19.0. The average Bonchev–Trinajstić information content (AvgIpc) is 2.35. The van der Waals surface area contributed by atoms with Crippen molar-refractivity contribution < 1.29 is 80.2 Å². The van der Waals surface area contributed by atoms with Gasteiger partial charge in [0.05, 0.1) is 26.4 Å². The summed E-state index contributed by atoms with van der Waals surface area (Å²) in [7, 11) is -9.91. The lowest BCUT2D eigenvalue weighted by atomic mass is 10.0. The zero-order valence-corrected chi connectivity index (χ0v) is 62.7. The highest BCUT2D eigenvalue weighted by Gasteiger charge is 2.30. The molecule has 0 amide bonds. The first-order valence-electron chi connectivity index (χ1n) is 38.2. The highest BCUT2D eigenvalue weighted by molar-refractivity contribution is 7.47. The molecule has 0 aliphatic carbocycles. The van der Waals surface area contributed by atoms with Crippen molar-refractivity contribution in [1.82, 2.24) is 0 Å². The van der Waals surface area contributed by atoms with Crippen molar-refractivity contribution in [2.75, 3.05) is 39.6 Å². The monoisotopic (exact) mass is 1370 g/mol. The van der Waals surface area contributed by atoms with Gasteiger partial charge in [-0.05, 0) is 49.4 Å². The fourth-order valence-electron chi connectivity index (χ4n) is 11.2. The molecule has 0 aliphatic rings. The molecule has 0 heterocycles. The minimum absolute atomic E-state index is 0.105. The van der Waals surface area contributed by atoms with Crippen LogP contribution in [0.4, 0.5) is 0 Å². The van der Waals surface area contributed by atoms with Crippen molar-refractivity contribution >= 4 is 39.5 Å². The van der Waals surface area contributed by atoms with Crippen LogP contribution >= 0.6 is 15.6 Å². The van der Waals surface area contributed by atoms with E-state index in [9.17, 15) is 43.2 Å². The molecule has 0 saturated heterocycles. The number of esters is 4. The standard InChI is InChI=1S/C74H144O17P2/c1-64(2)50-42-34-26-19-13-11-9-10-12-14-22-30-38-46-54-71(76)84-60-69(90-73(78)56-48-40-31-23-17-15-20-27-35-43-51-65(3)4)62-88-92(80,81)86-58-68(75)59-87-93(82,83)89-63-70(61-85-72(77)55-47-39-33-25-29-37-45-53-67(7)8)91-74(79)57-49-41-32-24-18-16-21-28-36-44-52-66(5)6/h64-70,75H,9-63H2,1-8H3,(H,80,81)(H,82,83)/t68?,69-,70-/m1/s1. The fraction of sp³-hybridized carbons (Fsp3) is 0.946. The molecule has 3 unspecified atom stereocenters. The quantitative estimate of drug-likeness (QED) is 0.0222. The van der Waals surface area contributed by atoms with E-state index in [2.05, 4.69) is 55.4 Å². The van der Waals surface area contributed by atoms with Gasteiger partial charge in [-0.25, -0.2) is 9.13 Å². The molecule has 0 fully saturated rings. The van der Waals surface area contributed by atoms with Gasteiger partial charge in [-0.1, -0.05) is 319 Å². The molecule has 0 radical (unpaired) electrons. The molecule has 0 aromatic rings. The zero-order valence-electron chi connectivity index (χ0n) is 60.9. The number of ether oxygens (including phenoxy) is 4. The van der Waals surface area contributed by atoms with Crippen LogP contribution in [0, 0.1) is 23.7 Å². The summed E-state index contributed by atoms with van der Waals surface area (Å²) < 4.78 is 68.4. The summed E-state index contributed by atoms with van der Waals surface area (Å²) in [6.07, 6.45) is 47.3. The van der Waals surface area contributed by atoms with Gasteiger partial charge in [-0.15, -0.1) is 0 Å². The van der Waals surface area contributed by atoms with Crippen molar-refractivity contribution in [3.63, 3.8) is 0 Å². The van der Waals surface area contributed by atoms with E-state index in [1.165, 1.54) is 167 Å². The Bertz CT molecular complexity index is 1830. The molecule has 0 aliphatic heterocycles. The zero-order chi connectivity index (χ0) is 68.9. The maximum absolute atomic E-state index is 13.1. The summed E-state index contributed by atoms with van der Waals surface area (Å²) in [5, 5.41) is 10.6. The van der Waals surface area contributed by atoms with E-state index in [0.29, 0.717) is 31.6 Å². The molecule has 0 bridgehead atoms. The first kappa shape index (κ1) is 91.1. The molecule has 0 rings (SSSR count). The molecule has 0 spiro atoms. The third kappa shape index (κ3) is 68.4. The SMILES string of the molecule is CC(C)CCCCCCCCCCCCCCCCC(=O)OC[C@H](COP(=O)(O)OCC(O)COP(=O)(O)OC[C@@H](COC(=O)CCCCCCCCCC(C)C)OC(=O)CCCCCCCCCCCCC(C)C)OC(=O)CCCCCCCCCCCCC(C)C. The van der Waals surface area contributed by atoms with Gasteiger partial charge in [0.25, 0.3) is 0 Å². The van der Waals surface area contributed by atoms with Crippen LogP contribution in [0.5, 0.6) is 0 Å². The summed E-state index contributed by atoms with van der Waals surface area (Å²) >= 11 is 0. The minimum atomic E-state index is -4.96. The van der Waals surface area contributed by atoms with E-state index in [4.69, 9.17) is 37.0 Å². The first-order chi connectivity index (χ1) is 44.6. The fourth-order valence-corrected chi connectivity index (χ4v) is 12.8. The molecule has 3 N–H and O–H groups in total. The summed E-state index contributed by atoms with van der Waals surface area (Å²) in [5.41, 5.74) is 0. The van der Waals surface area contributed by atoms with Crippen LogP contribution in [-0.2, 0) is 65.4 Å². The van der Waals surface area contributed by atoms with Crippen LogP contribution in [0.25, 0.3) is 0 Å². The molecule has 5 atom stereocenters. The van der Waals surface area contributed by atoms with Gasteiger partial charge in [-0.3, -0.25) is 37.3 Å². The molecular weight excluding hydrogens is 1220 g/mol. The molecule has 19 heteroatoms. The molecular formula is C74H144O17P2. The minimum Gasteiger partial charge on any atom is -0.462 e. The highest BCUT2D eigenvalue weighted by atomic mass is 31.2. The van der Waals surface area contributed by atoms with Crippen molar-refractivity contribution in [3.05, 3.63) is 0 Å². The normalized spacial score (nSPS) is 14.2. The number of phosphoric acid groups is 2. The molecule has 0 saturated carbocycles. The van der Waals surface area contributed by atoms with Crippen LogP contribution in [0.15, 0.2) is 0 Å². The third-order valence-electron chi connectivity index (χ3n) is 17.1. The van der Waals surface area contributed by atoms with Crippen molar-refractivity contribution in [2.24, 2.45) is 23.7 Å². The number of aliphatic hydroxyl groups excluding tert-OH is 1. The van der Waals surface area contributed by atoms with Crippen LogP contribution in [-0.4, -0.2) is 96.7 Å². The second-order valence-electron chi connectivity index (χ2n) is 28.6. The van der Waals surface area contributed by atoms with Crippen molar-refractivity contribution in [1.29, 1.82) is 0 Å². The predicted octanol–water partition coefficient (Wildman–Crippen LogP) is 21.3. The van der Waals surface area contributed by atoms with E-state index in [1.54, 1.807) is 0 Å². The number of hydrogen-bond acceptors (Lipinski definition) is 15. The van der Waals surface area contributed by atoms with Crippen LogP contribution in [0.2, 0.25) is 0 Å². The van der Waals surface area contributed by atoms with Gasteiger partial charge >= 0.3 is 39.5 Å². The number of phosphoric ester groups is 2. The van der Waals surface area contributed by atoms with Crippen molar-refractivity contribution in [2.45, 2.75) is 388 Å². The maximum Gasteiger partial charge on any atom is 0.472 e. The number of aliphatic hydroxyl groups is 1. The summed E-state index contributed by atoms with van der Waals surface area (Å²) in [5.74, 6) is 0.884. The molecule has 0 aromatic heterocycles. The Morgan fingerprint density at radius 2 is 0.452 bits per heavy atom. The number of carbonyl (C=O) groups excluding carboxylic acids is 4. The summed E-state index contributed by atoms with van der Waals surface area (Å²) in [4.78, 5) is 72.7. The van der Waals surface area contributed by atoms with E-state index in [-0.39, 0.29) is 25.7 Å². The Balaban J connectivity index is 5.24. The second-order valence-corrected chi connectivity index (χ2v) is 31.5. The Labute approximate surface area is 568 Å². The van der Waals surface area contributed by atoms with Gasteiger partial charge in [-0.2, -0.15) is 0 Å². The molecule has 552 valence electrons. The molecule has 0 aromatic carbocycles. The Hall–Kier alpha value is -1.94. The predicted molar refractivity (Wildman–Crippen MR) is 377 cm³/mol. The van der Waals surface area contributed by atoms with Crippen molar-refractivity contribution in [3.8, 4) is 0 Å². The largest absolute Gasteiger partial charge is 0.472 e. The number of unbranched alkanes of at least 4 members (excludes halogenated alkanes) is 37. The lowest BCUT2D eigenvalue weighted by molar-refractivity contribution is -0.161. The maximum atomic E-state index is 13.1. The van der Waals surface area contributed by atoms with E-state index < -0.39 is 97.5 Å². The van der Waals surface area contributed by atoms with Gasteiger partial charge in [0.15, 0.2) is 12.2 Å². The van der Waals surface area contributed by atoms with Crippen LogP contribution < -0.4 is 0 Å². The number of carbonyl (C=O) groups is 4. The summed E-state index contributed by atoms with van der Waals surface area (Å²) in [6, 6.07) is 0. The topological polar surface area (TPSA) is 237 Å². The van der Waals surface area contributed by atoms with Gasteiger partial charge in [0, 0.05) is 25.7 Å².